The number of ether oxygens (including phenoxy) is 2. The van der Waals surface area contributed by atoms with Gasteiger partial charge in [0.2, 0.25) is 0 Å². The molecule has 0 heterocycles. The van der Waals surface area contributed by atoms with Gasteiger partial charge in [0.25, 0.3) is 0 Å². The number of methoxy groups -OCH3 is 2. The normalized spacial score (nSPS) is 14.5. The molecular weight excluding hydrogens is 224 g/mol. The Kier molecular flexibility index (Phi) is 6.37. The van der Waals surface area contributed by atoms with Gasteiger partial charge in [-0.05, 0) is 49.8 Å². The van der Waals surface area contributed by atoms with Crippen molar-refractivity contribution in [1.29, 1.82) is 0 Å². The van der Waals surface area contributed by atoms with Crippen molar-refractivity contribution in [3.63, 3.8) is 0 Å². The van der Waals surface area contributed by atoms with Crippen LogP contribution in [0.25, 0.3) is 0 Å². The van der Waals surface area contributed by atoms with Crippen LogP contribution in [0.1, 0.15) is 37.5 Å². The van der Waals surface area contributed by atoms with Crippen LogP contribution >= 0.6 is 0 Å². The van der Waals surface area contributed by atoms with Gasteiger partial charge >= 0.3 is 0 Å². The largest absolute Gasteiger partial charge is 0.381 e. The maximum Gasteiger partial charge on any atom is 0.0583 e. The average Bonchev–Trinajstić information content (AvgIpc) is 2.40. The van der Waals surface area contributed by atoms with Gasteiger partial charge in [0, 0.05) is 14.2 Å². The van der Waals surface area contributed by atoms with E-state index in [4.69, 9.17) is 9.47 Å². The predicted molar refractivity (Wildman–Crippen MR) is 76.2 cm³/mol. The minimum Gasteiger partial charge on any atom is -0.381 e. The monoisotopic (exact) mass is 250 g/mol. The Balaban J connectivity index is 3.00. The van der Waals surface area contributed by atoms with Crippen molar-refractivity contribution in [1.82, 2.24) is 0 Å². The number of rotatable bonds is 7. The van der Waals surface area contributed by atoms with E-state index < -0.39 is 0 Å². The molecule has 0 bridgehead atoms. The van der Waals surface area contributed by atoms with E-state index in [0.717, 1.165) is 19.3 Å². The van der Waals surface area contributed by atoms with Crippen molar-refractivity contribution in [2.75, 3.05) is 14.2 Å². The maximum absolute atomic E-state index is 5.41. The smallest absolute Gasteiger partial charge is 0.0583 e. The van der Waals surface area contributed by atoms with Gasteiger partial charge in [0.1, 0.15) is 0 Å². The molecule has 0 spiro atoms. The Morgan fingerprint density at radius 1 is 0.944 bits per heavy atom. The van der Waals surface area contributed by atoms with Crippen molar-refractivity contribution in [2.45, 2.75) is 52.2 Å². The Morgan fingerprint density at radius 2 is 1.50 bits per heavy atom. The van der Waals surface area contributed by atoms with Crippen molar-refractivity contribution >= 4 is 0 Å². The minimum atomic E-state index is 0.258. The summed E-state index contributed by atoms with van der Waals surface area (Å²) in [6.07, 6.45) is 3.53. The summed E-state index contributed by atoms with van der Waals surface area (Å²) in [6.45, 7) is 6.44. The lowest BCUT2D eigenvalue weighted by molar-refractivity contribution is 0.114. The first-order chi connectivity index (χ1) is 8.62. The fourth-order valence-corrected chi connectivity index (χ4v) is 2.24. The molecule has 0 N–H and O–H groups in total. The minimum absolute atomic E-state index is 0.258. The summed E-state index contributed by atoms with van der Waals surface area (Å²) in [4.78, 5) is 0. The highest BCUT2D eigenvalue weighted by Gasteiger charge is 2.13. The van der Waals surface area contributed by atoms with Crippen molar-refractivity contribution in [3.05, 3.63) is 34.9 Å². The quantitative estimate of drug-likeness (QED) is 0.738. The van der Waals surface area contributed by atoms with Crippen LogP contribution in [0.2, 0.25) is 0 Å². The average molecular weight is 250 g/mol. The van der Waals surface area contributed by atoms with Gasteiger partial charge in [0.05, 0.1) is 12.2 Å². The fourth-order valence-electron chi connectivity index (χ4n) is 2.24. The molecule has 102 valence electrons. The number of aryl methyl sites for hydroxylation is 1. The van der Waals surface area contributed by atoms with E-state index in [1.807, 2.05) is 0 Å². The molecule has 1 aromatic carbocycles. The molecule has 2 atom stereocenters. The molecule has 1 rings (SSSR count). The first-order valence-electron chi connectivity index (χ1n) is 6.77. The van der Waals surface area contributed by atoms with Crippen LogP contribution in [-0.4, -0.2) is 26.4 Å². The summed E-state index contributed by atoms with van der Waals surface area (Å²) in [6, 6.07) is 6.59. The summed E-state index contributed by atoms with van der Waals surface area (Å²) in [7, 11) is 3.54. The molecule has 2 nitrogen and oxygen atoms in total. The summed E-state index contributed by atoms with van der Waals surface area (Å²) < 4.78 is 10.8. The molecule has 2 heteroatoms. The summed E-state index contributed by atoms with van der Waals surface area (Å²) in [5.41, 5.74) is 4.27. The first kappa shape index (κ1) is 15.2. The lowest BCUT2D eigenvalue weighted by Crippen LogP contribution is -2.16. The van der Waals surface area contributed by atoms with E-state index in [2.05, 4.69) is 39.0 Å². The molecule has 2 unspecified atom stereocenters. The molecule has 0 aliphatic heterocycles. The van der Waals surface area contributed by atoms with Crippen molar-refractivity contribution in [3.8, 4) is 0 Å². The zero-order chi connectivity index (χ0) is 13.5. The van der Waals surface area contributed by atoms with Crippen LogP contribution in [0.3, 0.4) is 0 Å². The van der Waals surface area contributed by atoms with Gasteiger partial charge in [-0.1, -0.05) is 25.1 Å². The molecule has 18 heavy (non-hydrogen) atoms. The maximum atomic E-state index is 5.41. The molecule has 1 aromatic rings. The molecule has 0 aliphatic rings. The predicted octanol–water partition coefficient (Wildman–Crippen LogP) is 3.40. The molecule has 0 saturated carbocycles. The van der Waals surface area contributed by atoms with Gasteiger partial charge in [-0.2, -0.15) is 0 Å². The second-order valence-corrected chi connectivity index (χ2v) is 4.91. The Hall–Kier alpha value is -0.860. The van der Waals surface area contributed by atoms with Gasteiger partial charge in [-0.15, -0.1) is 0 Å². The second kappa shape index (κ2) is 7.55. The molecule has 0 saturated heterocycles. The Morgan fingerprint density at radius 3 is 2.06 bits per heavy atom. The van der Waals surface area contributed by atoms with E-state index in [1.54, 1.807) is 14.2 Å². The molecule has 0 radical (unpaired) electrons. The topological polar surface area (TPSA) is 18.5 Å². The van der Waals surface area contributed by atoms with Gasteiger partial charge in [-0.25, -0.2) is 0 Å². The van der Waals surface area contributed by atoms with Crippen LogP contribution in [-0.2, 0) is 28.7 Å². The summed E-state index contributed by atoms with van der Waals surface area (Å²) in [5, 5.41) is 0. The molecular formula is C16H26O2. The number of benzene rings is 1. The molecule has 0 aliphatic carbocycles. The SMILES string of the molecule is CCc1cccc(CC(C)OC)c1CC(C)OC. The van der Waals surface area contributed by atoms with Crippen LogP contribution < -0.4 is 0 Å². The third-order valence-electron chi connectivity index (χ3n) is 3.55. The van der Waals surface area contributed by atoms with E-state index in [0.29, 0.717) is 0 Å². The van der Waals surface area contributed by atoms with Crippen LogP contribution in [0.15, 0.2) is 18.2 Å². The third-order valence-corrected chi connectivity index (χ3v) is 3.55. The highest BCUT2D eigenvalue weighted by atomic mass is 16.5. The summed E-state index contributed by atoms with van der Waals surface area (Å²) in [5.74, 6) is 0. The van der Waals surface area contributed by atoms with E-state index in [-0.39, 0.29) is 12.2 Å². The Labute approximate surface area is 111 Å². The van der Waals surface area contributed by atoms with E-state index in [1.165, 1.54) is 16.7 Å². The zero-order valence-electron chi connectivity index (χ0n) is 12.3. The van der Waals surface area contributed by atoms with Crippen molar-refractivity contribution in [2.24, 2.45) is 0 Å². The van der Waals surface area contributed by atoms with Crippen LogP contribution in [0.4, 0.5) is 0 Å². The van der Waals surface area contributed by atoms with Gasteiger partial charge in [-0.3, -0.25) is 0 Å². The zero-order valence-corrected chi connectivity index (χ0v) is 12.3. The van der Waals surface area contributed by atoms with E-state index in [9.17, 15) is 0 Å². The van der Waals surface area contributed by atoms with Gasteiger partial charge < -0.3 is 9.47 Å². The Bertz CT molecular complexity index is 360. The van der Waals surface area contributed by atoms with Crippen molar-refractivity contribution < 1.29 is 9.47 Å². The van der Waals surface area contributed by atoms with Crippen LogP contribution in [0, 0.1) is 0 Å². The highest BCUT2D eigenvalue weighted by molar-refractivity contribution is 5.36. The molecule has 0 fully saturated rings. The first-order valence-corrected chi connectivity index (χ1v) is 6.77. The fraction of sp³-hybridized carbons (Fsp3) is 0.625. The van der Waals surface area contributed by atoms with E-state index >= 15 is 0 Å². The highest BCUT2D eigenvalue weighted by Crippen LogP contribution is 2.20. The second-order valence-electron chi connectivity index (χ2n) is 4.91. The van der Waals surface area contributed by atoms with Gasteiger partial charge in [0.15, 0.2) is 0 Å². The lowest BCUT2D eigenvalue weighted by Gasteiger charge is -2.19. The standard InChI is InChI=1S/C16H26O2/c1-6-14-8-7-9-15(10-12(2)17-4)16(14)11-13(3)18-5/h7-9,12-13H,6,10-11H2,1-5H3. The number of hydrogen-bond acceptors (Lipinski definition) is 2. The van der Waals surface area contributed by atoms with Crippen LogP contribution in [0.5, 0.6) is 0 Å². The summed E-state index contributed by atoms with van der Waals surface area (Å²) >= 11 is 0. The molecule has 0 aromatic heterocycles. The number of hydrogen-bond donors (Lipinski definition) is 0. The molecule has 0 amide bonds. The lowest BCUT2D eigenvalue weighted by atomic mass is 9.92. The third kappa shape index (κ3) is 4.11.